The van der Waals surface area contributed by atoms with Crippen molar-refractivity contribution < 1.29 is 22.4 Å². The van der Waals surface area contributed by atoms with Gasteiger partial charge in [0, 0.05) is 0 Å². The minimum absolute atomic E-state index is 0.111. The highest BCUT2D eigenvalue weighted by Gasteiger charge is 2.03. The van der Waals surface area contributed by atoms with Gasteiger partial charge in [0.2, 0.25) is 0 Å². The first-order valence-electron chi connectivity index (χ1n) is 8.76. The van der Waals surface area contributed by atoms with Gasteiger partial charge in [0.05, 0.1) is 6.61 Å². The van der Waals surface area contributed by atoms with Crippen LogP contribution >= 0.6 is 0 Å². The third-order valence-electron chi connectivity index (χ3n) is 3.72. The molecule has 0 saturated carbocycles. The first-order chi connectivity index (χ1) is 11.5. The molecule has 0 atom stereocenters. The fraction of sp³-hybridized carbons (Fsp3) is 0.667. The molecule has 1 N–H and O–H groups in total. The highest BCUT2D eigenvalue weighted by Crippen LogP contribution is 2.15. The van der Waals surface area contributed by atoms with Crippen LogP contribution in [0.5, 0.6) is 5.75 Å². The molecule has 5 nitrogen and oxygen atoms in total. The molecule has 1 aromatic carbocycles. The van der Waals surface area contributed by atoms with Gasteiger partial charge in [0.25, 0.3) is 10.1 Å². The Bertz CT molecular complexity index is 525. The van der Waals surface area contributed by atoms with Crippen LogP contribution < -0.4 is 4.74 Å². The lowest BCUT2D eigenvalue weighted by atomic mass is 10.0. The topological polar surface area (TPSA) is 72.8 Å². The molecule has 138 valence electrons. The Morgan fingerprint density at radius 2 is 1.54 bits per heavy atom. The van der Waals surface area contributed by atoms with Crippen molar-refractivity contribution in [2.45, 2.75) is 58.3 Å². The minimum atomic E-state index is -4.07. The summed E-state index contributed by atoms with van der Waals surface area (Å²) in [6.45, 7) is 2.59. The molecule has 0 amide bonds. The zero-order chi connectivity index (χ0) is 17.7. The van der Waals surface area contributed by atoms with Crippen LogP contribution in [0.3, 0.4) is 0 Å². The highest BCUT2D eigenvalue weighted by atomic mass is 32.2. The van der Waals surface area contributed by atoms with Gasteiger partial charge in [-0.15, -0.1) is 0 Å². The van der Waals surface area contributed by atoms with Crippen LogP contribution in [0.15, 0.2) is 24.3 Å². The average molecular weight is 358 g/mol. The SMILES string of the molecule is CCCCCCCCCc1ccc(OCCOCS(=O)(=O)O)cc1. The largest absolute Gasteiger partial charge is 0.491 e. The summed E-state index contributed by atoms with van der Waals surface area (Å²) < 4.78 is 39.7. The number of rotatable bonds is 14. The molecular formula is C18H30O5S. The van der Waals surface area contributed by atoms with E-state index in [1.807, 2.05) is 12.1 Å². The van der Waals surface area contributed by atoms with Gasteiger partial charge in [-0.1, -0.05) is 57.6 Å². The molecule has 0 saturated heterocycles. The highest BCUT2D eigenvalue weighted by molar-refractivity contribution is 7.85. The van der Waals surface area contributed by atoms with Crippen LogP contribution in [0.1, 0.15) is 57.4 Å². The number of hydrogen-bond donors (Lipinski definition) is 1. The molecule has 0 aliphatic rings. The number of hydrogen-bond acceptors (Lipinski definition) is 4. The van der Waals surface area contributed by atoms with Crippen LogP contribution in [0.4, 0.5) is 0 Å². The number of ether oxygens (including phenoxy) is 2. The maximum Gasteiger partial charge on any atom is 0.289 e. The first kappa shape index (κ1) is 20.9. The van der Waals surface area contributed by atoms with Crippen molar-refractivity contribution in [1.82, 2.24) is 0 Å². The van der Waals surface area contributed by atoms with Crippen molar-refractivity contribution in [3.8, 4) is 5.75 Å². The molecule has 6 heteroatoms. The fourth-order valence-electron chi connectivity index (χ4n) is 2.42. The maximum atomic E-state index is 10.5. The van der Waals surface area contributed by atoms with Crippen LogP contribution in [0.2, 0.25) is 0 Å². The van der Waals surface area contributed by atoms with Gasteiger partial charge in [0.15, 0.2) is 5.94 Å². The lowest BCUT2D eigenvalue weighted by molar-refractivity contribution is 0.128. The van der Waals surface area contributed by atoms with E-state index in [0.29, 0.717) is 0 Å². The molecule has 1 rings (SSSR count). The molecule has 0 aliphatic carbocycles. The van der Waals surface area contributed by atoms with Crippen molar-refractivity contribution in [3.05, 3.63) is 29.8 Å². The zero-order valence-electron chi connectivity index (χ0n) is 14.6. The van der Waals surface area contributed by atoms with Gasteiger partial charge < -0.3 is 9.47 Å². The third-order valence-corrected chi connectivity index (χ3v) is 4.19. The van der Waals surface area contributed by atoms with Gasteiger partial charge in [-0.2, -0.15) is 8.42 Å². The number of aryl methyl sites for hydroxylation is 1. The van der Waals surface area contributed by atoms with Crippen LogP contribution in [-0.2, 0) is 21.3 Å². The monoisotopic (exact) mass is 358 g/mol. The summed E-state index contributed by atoms with van der Waals surface area (Å²) in [4.78, 5) is 0. The van der Waals surface area contributed by atoms with E-state index >= 15 is 0 Å². The first-order valence-corrected chi connectivity index (χ1v) is 10.4. The summed E-state index contributed by atoms with van der Waals surface area (Å²) >= 11 is 0. The van der Waals surface area contributed by atoms with E-state index in [9.17, 15) is 8.42 Å². The zero-order valence-corrected chi connectivity index (χ0v) is 15.4. The summed E-state index contributed by atoms with van der Waals surface area (Å²) in [7, 11) is -4.07. The second-order valence-electron chi connectivity index (χ2n) is 5.97. The summed E-state index contributed by atoms with van der Waals surface area (Å²) in [5.74, 6) is 0.0297. The van der Waals surface area contributed by atoms with E-state index < -0.39 is 16.1 Å². The smallest absolute Gasteiger partial charge is 0.289 e. The molecule has 0 aliphatic heterocycles. The Morgan fingerprint density at radius 1 is 0.917 bits per heavy atom. The summed E-state index contributed by atoms with van der Waals surface area (Å²) in [6.07, 6.45) is 10.3. The molecule has 1 aromatic rings. The Balaban J connectivity index is 2.10. The Morgan fingerprint density at radius 3 is 2.17 bits per heavy atom. The quantitative estimate of drug-likeness (QED) is 0.398. The van der Waals surface area contributed by atoms with Crippen molar-refractivity contribution in [2.75, 3.05) is 19.2 Å². The Labute approximate surface area is 146 Å². The molecule has 0 bridgehead atoms. The Hall–Kier alpha value is -1.11. The summed E-state index contributed by atoms with van der Waals surface area (Å²) in [5, 5.41) is 0. The normalized spacial score (nSPS) is 11.6. The maximum absolute atomic E-state index is 10.5. The van der Waals surface area contributed by atoms with Gasteiger partial charge in [0.1, 0.15) is 12.4 Å². The minimum Gasteiger partial charge on any atom is -0.491 e. The summed E-state index contributed by atoms with van der Waals surface area (Å²) in [5.41, 5.74) is 1.30. The van der Waals surface area contributed by atoms with E-state index in [-0.39, 0.29) is 13.2 Å². The van der Waals surface area contributed by atoms with E-state index in [1.54, 1.807) is 0 Å². The fourth-order valence-corrected chi connectivity index (χ4v) is 2.75. The van der Waals surface area contributed by atoms with Crippen molar-refractivity contribution in [2.24, 2.45) is 0 Å². The molecule has 0 fully saturated rings. The number of unbranched alkanes of at least 4 members (excludes halogenated alkanes) is 6. The van der Waals surface area contributed by atoms with E-state index in [2.05, 4.69) is 19.1 Å². The Kier molecular flexibility index (Phi) is 10.7. The molecular weight excluding hydrogens is 328 g/mol. The van der Waals surface area contributed by atoms with Crippen LogP contribution in [-0.4, -0.2) is 32.1 Å². The molecule has 24 heavy (non-hydrogen) atoms. The molecule has 0 unspecified atom stereocenters. The van der Waals surface area contributed by atoms with Gasteiger partial charge in [-0.3, -0.25) is 4.55 Å². The van der Waals surface area contributed by atoms with Crippen LogP contribution in [0, 0.1) is 0 Å². The van der Waals surface area contributed by atoms with Gasteiger partial charge >= 0.3 is 0 Å². The second kappa shape index (κ2) is 12.3. The molecule has 0 heterocycles. The van der Waals surface area contributed by atoms with Gasteiger partial charge in [-0.05, 0) is 30.5 Å². The molecule has 0 radical (unpaired) electrons. The second-order valence-corrected chi connectivity index (χ2v) is 7.37. The summed E-state index contributed by atoms with van der Waals surface area (Å²) in [6, 6.07) is 7.95. The molecule has 0 aromatic heterocycles. The van der Waals surface area contributed by atoms with Crippen molar-refractivity contribution >= 4 is 10.1 Å². The molecule has 0 spiro atoms. The third kappa shape index (κ3) is 11.4. The lowest BCUT2D eigenvalue weighted by Gasteiger charge is -2.07. The average Bonchev–Trinajstić information content (AvgIpc) is 2.54. The lowest BCUT2D eigenvalue weighted by Crippen LogP contribution is -2.13. The predicted octanol–water partition coefficient (Wildman–Crippen LogP) is 4.22. The van der Waals surface area contributed by atoms with Gasteiger partial charge in [-0.25, -0.2) is 0 Å². The van der Waals surface area contributed by atoms with E-state index in [4.69, 9.17) is 14.0 Å². The van der Waals surface area contributed by atoms with E-state index in [1.165, 1.54) is 50.5 Å². The van der Waals surface area contributed by atoms with E-state index in [0.717, 1.165) is 12.2 Å². The van der Waals surface area contributed by atoms with Crippen LogP contribution in [0.25, 0.3) is 0 Å². The van der Waals surface area contributed by atoms with Crippen molar-refractivity contribution in [3.63, 3.8) is 0 Å². The van der Waals surface area contributed by atoms with Crippen molar-refractivity contribution in [1.29, 1.82) is 0 Å². The standard InChI is InChI=1S/C18H30O5S/c1-2-3-4-5-6-7-8-9-17-10-12-18(13-11-17)23-15-14-22-16-24(19,20)21/h10-13H,2-9,14-16H2,1H3,(H,19,20,21). The predicted molar refractivity (Wildman–Crippen MR) is 96.0 cm³/mol. The number of benzene rings is 1.